The van der Waals surface area contributed by atoms with Crippen molar-refractivity contribution in [2.24, 2.45) is 12.5 Å². The van der Waals surface area contributed by atoms with E-state index in [2.05, 4.69) is 0 Å². The highest BCUT2D eigenvalue weighted by molar-refractivity contribution is 6.38. The van der Waals surface area contributed by atoms with E-state index in [1.807, 2.05) is 6.07 Å². The first kappa shape index (κ1) is 26.4. The van der Waals surface area contributed by atoms with Gasteiger partial charge in [0.15, 0.2) is 0 Å². The summed E-state index contributed by atoms with van der Waals surface area (Å²) in [5.41, 5.74) is 0.790. The Morgan fingerprint density at radius 2 is 1.75 bits per heavy atom. The summed E-state index contributed by atoms with van der Waals surface area (Å²) in [5.74, 6) is -1.19. The summed E-state index contributed by atoms with van der Waals surface area (Å²) in [4.78, 5) is 26.3. The lowest BCUT2D eigenvalue weighted by molar-refractivity contribution is -0.150. The number of aryl methyl sites for hydroxylation is 2. The van der Waals surface area contributed by atoms with Crippen LogP contribution in [-0.4, -0.2) is 39.5 Å². The van der Waals surface area contributed by atoms with E-state index in [0.717, 1.165) is 12.1 Å². The number of likely N-dealkylation sites (tertiary alicyclic amines) is 1. The van der Waals surface area contributed by atoms with Gasteiger partial charge in [-0.3, -0.25) is 9.59 Å². The van der Waals surface area contributed by atoms with Gasteiger partial charge in [-0.15, -0.1) is 0 Å². The lowest BCUT2D eigenvalue weighted by atomic mass is 9.80. The van der Waals surface area contributed by atoms with E-state index in [9.17, 15) is 27.9 Å². The Bertz CT molecular complexity index is 1370. The maximum atomic E-state index is 13.3. The molecule has 1 saturated heterocycles. The quantitative estimate of drug-likeness (QED) is 0.399. The molecule has 1 fully saturated rings. The molecule has 1 aromatic heterocycles. The zero-order chi connectivity index (χ0) is 26.6. The first-order valence-corrected chi connectivity index (χ1v) is 12.1. The van der Waals surface area contributed by atoms with Crippen LogP contribution in [0, 0.1) is 12.3 Å². The van der Waals surface area contributed by atoms with Crippen LogP contribution >= 0.6 is 23.2 Å². The number of benzene rings is 2. The second-order valence-corrected chi connectivity index (χ2v) is 10.4. The molecule has 0 radical (unpaired) electrons. The average Bonchev–Trinajstić information content (AvgIpc) is 3.12. The van der Waals surface area contributed by atoms with Gasteiger partial charge in [-0.25, -0.2) is 0 Å². The Morgan fingerprint density at radius 1 is 1.11 bits per heavy atom. The Balaban J connectivity index is 1.66. The minimum Gasteiger partial charge on any atom is -0.481 e. The lowest BCUT2D eigenvalue weighted by Crippen LogP contribution is -2.45. The molecule has 192 valence electrons. The molecule has 0 spiro atoms. The Kier molecular flexibility index (Phi) is 6.81. The largest absolute Gasteiger partial charge is 0.481 e. The van der Waals surface area contributed by atoms with E-state index in [4.69, 9.17) is 23.2 Å². The number of carbonyl (C=O) groups excluding carboxylic acids is 1. The standard InChI is InChI=1S/C26H25Cl2F3N2O3/c1-14-10-15(26(29,30)31)11-21-18(14)12-16(32(21)3)13-19-20(27)5-4-17(22(19)28)23(34)33-8-6-25(2,7-9-33)24(35)36/h4-5,10-12H,6-9,13H2,1-3H3,(H,35,36). The normalized spacial score (nSPS) is 15.9. The van der Waals surface area contributed by atoms with E-state index in [-0.39, 0.29) is 22.9 Å². The summed E-state index contributed by atoms with van der Waals surface area (Å²) >= 11 is 13.1. The van der Waals surface area contributed by atoms with Crippen molar-refractivity contribution < 1.29 is 27.9 Å². The summed E-state index contributed by atoms with van der Waals surface area (Å²) in [6.45, 7) is 3.89. The molecule has 10 heteroatoms. The van der Waals surface area contributed by atoms with Gasteiger partial charge in [-0.05, 0) is 68.1 Å². The number of nitrogens with zero attached hydrogens (tertiary/aromatic N) is 2. The van der Waals surface area contributed by atoms with Crippen LogP contribution in [0.15, 0.2) is 30.3 Å². The van der Waals surface area contributed by atoms with E-state index in [0.29, 0.717) is 58.7 Å². The SMILES string of the molecule is Cc1cc(C(F)(F)F)cc2c1cc(Cc1c(Cl)ccc(C(=O)N3CCC(C)(C(=O)O)CC3)c1Cl)n2C. The summed E-state index contributed by atoms with van der Waals surface area (Å²) in [5, 5.41) is 10.6. The average molecular weight is 541 g/mol. The number of piperidine rings is 1. The second-order valence-electron chi connectivity index (χ2n) is 9.64. The van der Waals surface area contributed by atoms with Crippen LogP contribution in [0.3, 0.4) is 0 Å². The molecule has 2 aromatic carbocycles. The maximum absolute atomic E-state index is 13.3. The van der Waals surface area contributed by atoms with Gasteiger partial charge in [0.25, 0.3) is 5.91 Å². The van der Waals surface area contributed by atoms with Crippen LogP contribution in [0.25, 0.3) is 10.9 Å². The maximum Gasteiger partial charge on any atom is 0.416 e. The zero-order valence-corrected chi connectivity index (χ0v) is 21.5. The molecule has 1 N–H and O–H groups in total. The van der Waals surface area contributed by atoms with Crippen LogP contribution in [0.1, 0.15) is 52.5 Å². The van der Waals surface area contributed by atoms with Crippen molar-refractivity contribution in [3.8, 4) is 0 Å². The summed E-state index contributed by atoms with van der Waals surface area (Å²) in [6, 6.07) is 7.18. The minimum atomic E-state index is -4.46. The van der Waals surface area contributed by atoms with E-state index >= 15 is 0 Å². The Labute approximate surface area is 216 Å². The highest BCUT2D eigenvalue weighted by Gasteiger charge is 2.38. The van der Waals surface area contributed by atoms with E-state index in [1.54, 1.807) is 42.5 Å². The fourth-order valence-corrected chi connectivity index (χ4v) is 5.28. The molecule has 2 heterocycles. The number of carboxylic acid groups (broad SMARTS) is 1. The number of carboxylic acids is 1. The molecule has 1 aliphatic rings. The first-order chi connectivity index (χ1) is 16.7. The smallest absolute Gasteiger partial charge is 0.416 e. The number of alkyl halides is 3. The van der Waals surface area contributed by atoms with Crippen molar-refractivity contribution >= 4 is 46.0 Å². The highest BCUT2D eigenvalue weighted by atomic mass is 35.5. The monoisotopic (exact) mass is 540 g/mol. The molecule has 0 unspecified atom stereocenters. The van der Waals surface area contributed by atoms with Gasteiger partial charge in [0.2, 0.25) is 0 Å². The predicted octanol–water partition coefficient (Wildman–Crippen LogP) is 6.73. The molecular formula is C26H25Cl2F3N2O3. The van der Waals surface area contributed by atoms with E-state index in [1.165, 1.54) is 0 Å². The fraction of sp³-hybridized carbons (Fsp3) is 0.385. The highest BCUT2D eigenvalue weighted by Crippen LogP contribution is 2.37. The van der Waals surface area contributed by atoms with Crippen molar-refractivity contribution in [3.63, 3.8) is 0 Å². The molecule has 1 aliphatic heterocycles. The van der Waals surface area contributed by atoms with Gasteiger partial charge >= 0.3 is 12.1 Å². The van der Waals surface area contributed by atoms with Gasteiger partial charge in [0.1, 0.15) is 0 Å². The van der Waals surface area contributed by atoms with E-state index < -0.39 is 23.1 Å². The number of halogens is 5. The third-order valence-electron chi connectivity index (χ3n) is 7.24. The topological polar surface area (TPSA) is 62.5 Å². The molecule has 36 heavy (non-hydrogen) atoms. The molecule has 0 bridgehead atoms. The number of aromatic nitrogens is 1. The van der Waals surface area contributed by atoms with Gasteiger partial charge < -0.3 is 14.6 Å². The molecule has 0 saturated carbocycles. The summed E-state index contributed by atoms with van der Waals surface area (Å²) < 4.78 is 41.7. The number of hydrogen-bond acceptors (Lipinski definition) is 2. The fourth-order valence-electron chi connectivity index (χ4n) is 4.69. The van der Waals surface area contributed by atoms with Crippen LogP contribution in [0.2, 0.25) is 10.0 Å². The van der Waals surface area contributed by atoms with Crippen LogP contribution in [-0.2, 0) is 24.4 Å². The molecule has 0 atom stereocenters. The number of amides is 1. The minimum absolute atomic E-state index is 0.178. The molecule has 4 rings (SSSR count). The molecule has 1 amide bonds. The van der Waals surface area contributed by atoms with Crippen LogP contribution in [0.5, 0.6) is 0 Å². The summed E-state index contributed by atoms with van der Waals surface area (Å²) in [7, 11) is 1.68. The molecular weight excluding hydrogens is 516 g/mol. The number of hydrogen-bond donors (Lipinski definition) is 1. The van der Waals surface area contributed by atoms with Gasteiger partial charge in [0, 0.05) is 48.2 Å². The Hall–Kier alpha value is -2.71. The van der Waals surface area contributed by atoms with Gasteiger partial charge in [-0.1, -0.05) is 23.2 Å². The van der Waals surface area contributed by atoms with Crippen molar-refractivity contribution in [1.29, 1.82) is 0 Å². The zero-order valence-electron chi connectivity index (χ0n) is 20.0. The molecule has 3 aromatic rings. The Morgan fingerprint density at radius 3 is 2.33 bits per heavy atom. The van der Waals surface area contributed by atoms with Crippen molar-refractivity contribution in [3.05, 3.63) is 68.3 Å². The number of fused-ring (bicyclic) bond motifs is 1. The van der Waals surface area contributed by atoms with Gasteiger partial charge in [-0.2, -0.15) is 13.2 Å². The number of carbonyl (C=O) groups is 2. The van der Waals surface area contributed by atoms with Gasteiger partial charge in [0.05, 0.1) is 21.6 Å². The predicted molar refractivity (Wildman–Crippen MR) is 133 cm³/mol. The summed E-state index contributed by atoms with van der Waals surface area (Å²) in [6.07, 6.45) is -3.58. The molecule has 0 aliphatic carbocycles. The first-order valence-electron chi connectivity index (χ1n) is 11.4. The van der Waals surface area contributed by atoms with Crippen molar-refractivity contribution in [2.45, 2.75) is 39.3 Å². The molecule has 5 nitrogen and oxygen atoms in total. The lowest BCUT2D eigenvalue weighted by Gasteiger charge is -2.36. The second kappa shape index (κ2) is 9.30. The number of aliphatic carboxylic acids is 1. The third kappa shape index (κ3) is 4.68. The number of rotatable bonds is 4. The van der Waals surface area contributed by atoms with Crippen molar-refractivity contribution in [2.75, 3.05) is 13.1 Å². The van der Waals surface area contributed by atoms with Crippen LogP contribution in [0.4, 0.5) is 13.2 Å². The van der Waals surface area contributed by atoms with Crippen LogP contribution < -0.4 is 0 Å². The van der Waals surface area contributed by atoms with Crippen molar-refractivity contribution in [1.82, 2.24) is 9.47 Å². The third-order valence-corrected chi connectivity index (χ3v) is 8.03.